The van der Waals surface area contributed by atoms with Crippen LogP contribution in [0.2, 0.25) is 0 Å². The van der Waals surface area contributed by atoms with Gasteiger partial charge in [0.15, 0.2) is 0 Å². The molecule has 7 heteroatoms. The number of carbonyl (C=O) groups is 1. The van der Waals surface area contributed by atoms with Gasteiger partial charge in [-0.3, -0.25) is 4.79 Å². The van der Waals surface area contributed by atoms with Crippen molar-refractivity contribution in [2.45, 2.75) is 0 Å². The minimum Gasteiger partial charge on any atom is -0.325 e. The summed E-state index contributed by atoms with van der Waals surface area (Å²) in [7, 11) is 0. The molecule has 0 radical (unpaired) electrons. The predicted octanol–water partition coefficient (Wildman–Crippen LogP) is 1.67. The van der Waals surface area contributed by atoms with Crippen molar-refractivity contribution in [2.24, 2.45) is 0 Å². The van der Waals surface area contributed by atoms with Crippen LogP contribution in [-0.4, -0.2) is 23.9 Å². The number of carbonyl (C=O) groups excluding carboxylic acids is 3. The Bertz CT molecular complexity index is 371. The molecular weight excluding hydrogens is 246 g/mol. The second-order valence-corrected chi connectivity index (χ2v) is 2.52. The average molecular weight is 256 g/mol. The number of isocyanates is 2. The number of hydrogen-bond acceptors (Lipinski definition) is 5. The summed E-state index contributed by atoms with van der Waals surface area (Å²) in [6, 6.07) is 9.21. The molecule has 0 aliphatic heterocycles. The monoisotopic (exact) mass is 255 g/mol. The molecule has 0 fully saturated rings. The van der Waals surface area contributed by atoms with E-state index in [9.17, 15) is 4.79 Å². The fourth-order valence-corrected chi connectivity index (χ4v) is 0.783. The molecule has 0 saturated carbocycles. The zero-order chi connectivity index (χ0) is 13.5. The highest BCUT2D eigenvalue weighted by atomic mass is 35.5. The van der Waals surface area contributed by atoms with Gasteiger partial charge in [-0.25, -0.2) is 20.4 Å². The number of hydrogen-bond donors (Lipinski definition) is 3. The zero-order valence-corrected chi connectivity index (χ0v) is 9.45. The second-order valence-electron chi connectivity index (χ2n) is 2.25. The Morgan fingerprint density at radius 1 is 1.18 bits per heavy atom. The van der Waals surface area contributed by atoms with Gasteiger partial charge in [-0.05, 0) is 12.1 Å². The summed E-state index contributed by atoms with van der Waals surface area (Å²) in [6.07, 6.45) is 1.50. The number of para-hydroxylation sites is 1. The lowest BCUT2D eigenvalue weighted by Gasteiger charge is -2.00. The highest BCUT2D eigenvalue weighted by Crippen LogP contribution is 2.04. The molecule has 1 aromatic rings. The number of benzene rings is 1. The maximum Gasteiger partial charge on any atom is 0.239 e. The van der Waals surface area contributed by atoms with Gasteiger partial charge in [-0.1, -0.05) is 18.2 Å². The molecule has 1 amide bonds. The molecule has 0 heterocycles. The number of rotatable bonds is 2. The SMILES string of the molecule is N=C=O.N=C=O.O=C(CCl)Nc1ccccc1. The number of alkyl halides is 1. The smallest absolute Gasteiger partial charge is 0.239 e. The molecule has 0 aliphatic rings. The van der Waals surface area contributed by atoms with Crippen molar-refractivity contribution in [3.05, 3.63) is 30.3 Å². The fraction of sp³-hybridized carbons (Fsp3) is 0.100. The molecule has 3 N–H and O–H groups in total. The molecule has 0 aliphatic carbocycles. The van der Waals surface area contributed by atoms with Gasteiger partial charge in [-0.2, -0.15) is 0 Å². The van der Waals surface area contributed by atoms with Gasteiger partial charge in [0, 0.05) is 5.69 Å². The summed E-state index contributed by atoms with van der Waals surface area (Å²) < 4.78 is 0. The van der Waals surface area contributed by atoms with Gasteiger partial charge >= 0.3 is 0 Å². The van der Waals surface area contributed by atoms with Crippen LogP contribution in [0, 0.1) is 10.8 Å². The summed E-state index contributed by atoms with van der Waals surface area (Å²) in [5.41, 5.74) is 0.776. The van der Waals surface area contributed by atoms with E-state index in [0.717, 1.165) is 17.8 Å². The minimum absolute atomic E-state index is 0.00507. The van der Waals surface area contributed by atoms with Crippen LogP contribution in [0.1, 0.15) is 0 Å². The third-order valence-corrected chi connectivity index (χ3v) is 1.42. The van der Waals surface area contributed by atoms with E-state index in [1.54, 1.807) is 0 Å². The van der Waals surface area contributed by atoms with Crippen LogP contribution in [-0.2, 0) is 14.4 Å². The van der Waals surface area contributed by atoms with Crippen molar-refractivity contribution in [1.29, 1.82) is 10.8 Å². The predicted molar refractivity (Wildman–Crippen MR) is 62.6 cm³/mol. The van der Waals surface area contributed by atoms with Crippen LogP contribution >= 0.6 is 11.6 Å². The summed E-state index contributed by atoms with van der Waals surface area (Å²) >= 11 is 5.29. The first-order valence-electron chi connectivity index (χ1n) is 4.14. The van der Waals surface area contributed by atoms with Crippen molar-refractivity contribution in [3.8, 4) is 0 Å². The molecule has 6 nitrogen and oxygen atoms in total. The largest absolute Gasteiger partial charge is 0.325 e. The van der Waals surface area contributed by atoms with Crippen LogP contribution in [0.25, 0.3) is 0 Å². The van der Waals surface area contributed by atoms with E-state index in [1.807, 2.05) is 30.3 Å². The highest BCUT2D eigenvalue weighted by molar-refractivity contribution is 6.29. The Hall–Kier alpha value is -2.26. The lowest BCUT2D eigenvalue weighted by atomic mass is 10.3. The van der Waals surface area contributed by atoms with Gasteiger partial charge in [-0.15, -0.1) is 11.6 Å². The Morgan fingerprint density at radius 3 is 1.94 bits per heavy atom. The molecule has 90 valence electrons. The highest BCUT2D eigenvalue weighted by Gasteiger charge is 1.96. The van der Waals surface area contributed by atoms with Crippen LogP contribution in [0.15, 0.2) is 30.3 Å². The molecular formula is C10H10ClN3O3. The molecule has 0 saturated heterocycles. The van der Waals surface area contributed by atoms with Crippen molar-refractivity contribution < 1.29 is 14.4 Å². The Kier molecular flexibility index (Phi) is 13.9. The van der Waals surface area contributed by atoms with Gasteiger partial charge < -0.3 is 5.32 Å². The van der Waals surface area contributed by atoms with Crippen LogP contribution in [0.4, 0.5) is 5.69 Å². The molecule has 0 aromatic heterocycles. The molecule has 1 aromatic carbocycles. The molecule has 0 unspecified atom stereocenters. The summed E-state index contributed by atoms with van der Waals surface area (Å²) in [6.45, 7) is 0. The third-order valence-electron chi connectivity index (χ3n) is 1.18. The van der Waals surface area contributed by atoms with Gasteiger partial charge in [0.25, 0.3) is 0 Å². The topological polar surface area (TPSA) is 111 Å². The van der Waals surface area contributed by atoms with Crippen LogP contribution in [0.3, 0.4) is 0 Å². The van der Waals surface area contributed by atoms with Crippen molar-refractivity contribution in [2.75, 3.05) is 11.2 Å². The Labute approximate surface area is 103 Å². The first-order chi connectivity index (χ1) is 8.15. The lowest BCUT2D eigenvalue weighted by molar-refractivity contribution is -0.113. The normalized spacial score (nSPS) is 6.88. The lowest BCUT2D eigenvalue weighted by Crippen LogP contribution is -2.12. The van der Waals surface area contributed by atoms with Gasteiger partial charge in [0.05, 0.1) is 0 Å². The fourth-order valence-electron chi connectivity index (χ4n) is 0.716. The summed E-state index contributed by atoms with van der Waals surface area (Å²) in [5, 5.41) is 13.4. The van der Waals surface area contributed by atoms with Crippen LogP contribution in [0.5, 0.6) is 0 Å². The van der Waals surface area contributed by atoms with E-state index >= 15 is 0 Å². The van der Waals surface area contributed by atoms with Crippen LogP contribution < -0.4 is 5.32 Å². The first kappa shape index (κ1) is 17.1. The van der Waals surface area contributed by atoms with Crippen molar-refractivity contribution >= 4 is 35.4 Å². The van der Waals surface area contributed by atoms with E-state index < -0.39 is 0 Å². The Morgan fingerprint density at radius 2 is 1.59 bits per heavy atom. The minimum atomic E-state index is -0.183. The first-order valence-corrected chi connectivity index (χ1v) is 4.68. The summed E-state index contributed by atoms with van der Waals surface area (Å²) in [4.78, 5) is 27.4. The van der Waals surface area contributed by atoms with Crippen molar-refractivity contribution in [3.63, 3.8) is 0 Å². The van der Waals surface area contributed by atoms with Crippen molar-refractivity contribution in [1.82, 2.24) is 0 Å². The molecule has 0 spiro atoms. The quantitative estimate of drug-likeness (QED) is 0.424. The van der Waals surface area contributed by atoms with E-state index in [1.165, 1.54) is 0 Å². The van der Waals surface area contributed by atoms with E-state index in [4.69, 9.17) is 32.0 Å². The molecule has 0 atom stereocenters. The van der Waals surface area contributed by atoms with Gasteiger partial charge in [0.1, 0.15) is 5.88 Å². The average Bonchev–Trinajstić information content (AvgIpc) is 2.32. The number of halogens is 1. The van der Waals surface area contributed by atoms with E-state index in [2.05, 4.69) is 5.32 Å². The molecule has 1 rings (SSSR count). The number of amides is 1. The maximum absolute atomic E-state index is 10.7. The zero-order valence-electron chi connectivity index (χ0n) is 8.70. The number of anilines is 1. The van der Waals surface area contributed by atoms with E-state index in [0.29, 0.717) is 0 Å². The Balaban J connectivity index is 0. The number of nitrogens with one attached hydrogen (secondary N) is 3. The second kappa shape index (κ2) is 13.7. The third kappa shape index (κ3) is 13.7. The maximum atomic E-state index is 10.7. The van der Waals surface area contributed by atoms with E-state index in [-0.39, 0.29) is 11.8 Å². The molecule has 17 heavy (non-hydrogen) atoms. The molecule has 0 bridgehead atoms. The standard InChI is InChI=1S/C8H8ClNO.2CHNO/c9-6-8(11)10-7-4-2-1-3-5-7;2*2-1-3/h1-5H,6H2,(H,10,11);2*2H. The van der Waals surface area contributed by atoms with Gasteiger partial charge in [0.2, 0.25) is 18.1 Å². The summed E-state index contributed by atoms with van der Waals surface area (Å²) in [5.74, 6) is -0.188.